The predicted molar refractivity (Wildman–Crippen MR) is 144 cm³/mol. The van der Waals surface area contributed by atoms with Gasteiger partial charge in [-0.3, -0.25) is 9.59 Å². The number of unbranched alkanes of at least 4 members (excludes halogenated alkanes) is 1. The Morgan fingerprint density at radius 1 is 1.06 bits per heavy atom. The lowest BCUT2D eigenvalue weighted by Gasteiger charge is -2.12. The quantitative estimate of drug-likeness (QED) is 0.278. The second kappa shape index (κ2) is 11.9. The van der Waals surface area contributed by atoms with Gasteiger partial charge in [0.05, 0.1) is 22.2 Å². The van der Waals surface area contributed by atoms with Crippen LogP contribution in [0.4, 0.5) is 5.00 Å². The molecule has 5 nitrogen and oxygen atoms in total. The van der Waals surface area contributed by atoms with E-state index in [0.29, 0.717) is 35.0 Å². The van der Waals surface area contributed by atoms with Gasteiger partial charge in [0.1, 0.15) is 5.00 Å². The van der Waals surface area contributed by atoms with Crippen molar-refractivity contribution in [3.8, 4) is 5.75 Å². The van der Waals surface area contributed by atoms with Crippen LogP contribution in [0.2, 0.25) is 10.0 Å². The highest BCUT2D eigenvalue weighted by atomic mass is 35.5. The van der Waals surface area contributed by atoms with E-state index in [1.807, 2.05) is 30.3 Å². The van der Waals surface area contributed by atoms with Gasteiger partial charge in [0.15, 0.2) is 5.75 Å². The number of nitrogens with one attached hydrogen (secondary N) is 2. The first-order chi connectivity index (χ1) is 17.0. The molecule has 1 aliphatic rings. The van der Waals surface area contributed by atoms with Crippen LogP contribution in [-0.2, 0) is 19.3 Å². The van der Waals surface area contributed by atoms with Gasteiger partial charge in [-0.1, -0.05) is 66.9 Å². The Balaban J connectivity index is 1.48. The van der Waals surface area contributed by atoms with Crippen LogP contribution in [0, 0.1) is 0 Å². The van der Waals surface area contributed by atoms with Crippen LogP contribution in [0.5, 0.6) is 5.75 Å². The summed E-state index contributed by atoms with van der Waals surface area (Å²) in [4.78, 5) is 27.4. The molecule has 2 aromatic carbocycles. The van der Waals surface area contributed by atoms with E-state index in [4.69, 9.17) is 27.9 Å². The van der Waals surface area contributed by atoms with E-state index in [1.165, 1.54) is 11.3 Å². The highest BCUT2D eigenvalue weighted by Gasteiger charge is 2.28. The normalized spacial score (nSPS) is 12.3. The Bertz CT molecular complexity index is 1190. The molecule has 3 aromatic rings. The molecule has 0 saturated heterocycles. The van der Waals surface area contributed by atoms with Crippen LogP contribution in [0.1, 0.15) is 62.9 Å². The zero-order valence-corrected chi connectivity index (χ0v) is 21.9. The number of aryl methyl sites for hydroxylation is 1. The van der Waals surface area contributed by atoms with E-state index in [1.54, 1.807) is 12.1 Å². The Morgan fingerprint density at radius 3 is 2.51 bits per heavy atom. The van der Waals surface area contributed by atoms with Gasteiger partial charge in [-0.05, 0) is 55.4 Å². The standard InChI is InChI=1S/C27H28Cl2N2O3S/c1-2-3-14-34-24-20(28)15-18(16-21(24)29)25(32)31-27-23(19-10-7-11-22(19)35-27)26(33)30-13-12-17-8-5-4-6-9-17/h4-6,8-9,15-16H,2-3,7,10-14H2,1H3,(H,30,33)(H,31,32). The molecule has 8 heteroatoms. The molecule has 35 heavy (non-hydrogen) atoms. The van der Waals surface area contributed by atoms with E-state index in [0.717, 1.165) is 54.5 Å². The Kier molecular flexibility index (Phi) is 8.71. The zero-order chi connectivity index (χ0) is 24.8. The van der Waals surface area contributed by atoms with Gasteiger partial charge < -0.3 is 15.4 Å². The van der Waals surface area contributed by atoms with Crippen LogP contribution in [0.15, 0.2) is 42.5 Å². The van der Waals surface area contributed by atoms with E-state index >= 15 is 0 Å². The number of fused-ring (bicyclic) bond motifs is 1. The third-order valence-corrected chi connectivity index (χ3v) is 7.69. The number of ether oxygens (including phenoxy) is 1. The minimum absolute atomic E-state index is 0.161. The Labute approximate surface area is 219 Å². The van der Waals surface area contributed by atoms with Crippen molar-refractivity contribution < 1.29 is 14.3 Å². The van der Waals surface area contributed by atoms with Gasteiger partial charge >= 0.3 is 0 Å². The fraction of sp³-hybridized carbons (Fsp3) is 0.333. The second-order valence-corrected chi connectivity index (χ2v) is 10.4. The number of amides is 2. The third kappa shape index (κ3) is 6.18. The Morgan fingerprint density at radius 2 is 1.80 bits per heavy atom. The highest BCUT2D eigenvalue weighted by Crippen LogP contribution is 2.40. The molecular weight excluding hydrogens is 503 g/mol. The summed E-state index contributed by atoms with van der Waals surface area (Å²) < 4.78 is 5.68. The van der Waals surface area contributed by atoms with Crippen molar-refractivity contribution in [1.29, 1.82) is 0 Å². The smallest absolute Gasteiger partial charge is 0.256 e. The number of carbonyl (C=O) groups excluding carboxylic acids is 2. The minimum atomic E-state index is -0.368. The summed E-state index contributed by atoms with van der Waals surface area (Å²) in [5, 5.41) is 7.09. The van der Waals surface area contributed by atoms with Crippen LogP contribution in [0.25, 0.3) is 0 Å². The molecule has 1 aliphatic carbocycles. The maximum Gasteiger partial charge on any atom is 0.256 e. The van der Waals surface area contributed by atoms with Crippen molar-refractivity contribution in [1.82, 2.24) is 5.32 Å². The second-order valence-electron chi connectivity index (χ2n) is 8.48. The fourth-order valence-electron chi connectivity index (χ4n) is 4.11. The number of anilines is 1. The summed E-state index contributed by atoms with van der Waals surface area (Å²) in [6.07, 6.45) is 5.39. The minimum Gasteiger partial charge on any atom is -0.490 e. The van der Waals surface area contributed by atoms with E-state index in [9.17, 15) is 9.59 Å². The number of hydrogen-bond acceptors (Lipinski definition) is 4. The van der Waals surface area contributed by atoms with Gasteiger partial charge in [0, 0.05) is 17.0 Å². The first-order valence-electron chi connectivity index (χ1n) is 11.9. The topological polar surface area (TPSA) is 67.4 Å². The van der Waals surface area contributed by atoms with Crippen molar-refractivity contribution >= 4 is 51.4 Å². The van der Waals surface area contributed by atoms with Crippen molar-refractivity contribution in [2.45, 2.75) is 45.4 Å². The maximum atomic E-state index is 13.2. The lowest BCUT2D eigenvalue weighted by Crippen LogP contribution is -2.27. The average molecular weight is 532 g/mol. The van der Waals surface area contributed by atoms with Crippen LogP contribution in [0.3, 0.4) is 0 Å². The molecule has 1 aromatic heterocycles. The number of carbonyl (C=O) groups is 2. The molecule has 0 fully saturated rings. The fourth-order valence-corrected chi connectivity index (χ4v) is 5.99. The van der Waals surface area contributed by atoms with E-state index in [2.05, 4.69) is 17.6 Å². The van der Waals surface area contributed by atoms with Gasteiger partial charge in [-0.15, -0.1) is 11.3 Å². The lowest BCUT2D eigenvalue weighted by molar-refractivity contribution is 0.0954. The van der Waals surface area contributed by atoms with Crippen molar-refractivity contribution in [3.63, 3.8) is 0 Å². The highest BCUT2D eigenvalue weighted by molar-refractivity contribution is 7.17. The zero-order valence-electron chi connectivity index (χ0n) is 19.6. The van der Waals surface area contributed by atoms with Crippen LogP contribution >= 0.6 is 34.5 Å². The number of benzene rings is 2. The van der Waals surface area contributed by atoms with Gasteiger partial charge in [-0.25, -0.2) is 0 Å². The molecule has 4 rings (SSSR count). The first kappa shape index (κ1) is 25.5. The molecule has 0 aliphatic heterocycles. The third-order valence-electron chi connectivity index (χ3n) is 5.92. The molecule has 2 amide bonds. The summed E-state index contributed by atoms with van der Waals surface area (Å²) >= 11 is 14.2. The summed E-state index contributed by atoms with van der Waals surface area (Å²) in [5.41, 5.74) is 3.08. The SMILES string of the molecule is CCCCOc1c(Cl)cc(C(=O)Nc2sc3c(c2C(=O)NCCc2ccccc2)CCC3)cc1Cl. The largest absolute Gasteiger partial charge is 0.490 e. The summed E-state index contributed by atoms with van der Waals surface area (Å²) in [5.74, 6) is -0.148. The molecular formula is C27H28Cl2N2O3S. The van der Waals surface area contributed by atoms with Crippen LogP contribution in [-0.4, -0.2) is 25.0 Å². The maximum absolute atomic E-state index is 13.2. The summed E-state index contributed by atoms with van der Waals surface area (Å²) in [6.45, 7) is 3.09. The van der Waals surface area contributed by atoms with E-state index in [-0.39, 0.29) is 21.9 Å². The molecule has 0 bridgehead atoms. The Hall–Kier alpha value is -2.54. The van der Waals surface area contributed by atoms with Gasteiger partial charge in [0.2, 0.25) is 0 Å². The lowest BCUT2D eigenvalue weighted by atomic mass is 10.1. The number of thiophene rings is 1. The molecule has 0 spiro atoms. The van der Waals surface area contributed by atoms with Gasteiger partial charge in [-0.2, -0.15) is 0 Å². The average Bonchev–Trinajstić information content (AvgIpc) is 3.42. The molecule has 0 unspecified atom stereocenters. The monoisotopic (exact) mass is 530 g/mol. The molecule has 184 valence electrons. The number of halogens is 2. The predicted octanol–water partition coefficient (Wildman–Crippen LogP) is 6.95. The van der Waals surface area contributed by atoms with Crippen molar-refractivity contribution in [3.05, 3.63) is 79.6 Å². The molecule has 0 saturated carbocycles. The van der Waals surface area contributed by atoms with Crippen molar-refractivity contribution in [2.24, 2.45) is 0 Å². The number of rotatable bonds is 10. The van der Waals surface area contributed by atoms with Gasteiger partial charge in [0.25, 0.3) is 11.8 Å². The summed E-state index contributed by atoms with van der Waals surface area (Å²) in [6, 6.07) is 13.1. The molecule has 1 heterocycles. The first-order valence-corrected chi connectivity index (χ1v) is 13.4. The van der Waals surface area contributed by atoms with Crippen molar-refractivity contribution in [2.75, 3.05) is 18.5 Å². The molecule has 2 N–H and O–H groups in total. The molecule has 0 atom stereocenters. The number of hydrogen-bond donors (Lipinski definition) is 2. The van der Waals surface area contributed by atoms with Crippen LogP contribution < -0.4 is 15.4 Å². The summed E-state index contributed by atoms with van der Waals surface area (Å²) in [7, 11) is 0. The molecule has 0 radical (unpaired) electrons. The van der Waals surface area contributed by atoms with E-state index < -0.39 is 0 Å².